The van der Waals surface area contributed by atoms with E-state index in [4.69, 9.17) is 9.84 Å². The molecule has 0 unspecified atom stereocenters. The van der Waals surface area contributed by atoms with Crippen LogP contribution in [0.25, 0.3) is 0 Å². The van der Waals surface area contributed by atoms with E-state index < -0.39 is 0 Å². The van der Waals surface area contributed by atoms with E-state index in [1.54, 1.807) is 37.5 Å². The minimum Gasteiger partial charge on any atom is -0.508 e. The minimum absolute atomic E-state index is 0.231. The van der Waals surface area contributed by atoms with Crippen LogP contribution in [0.4, 0.5) is 0 Å². The Morgan fingerprint density at radius 2 is 2.08 bits per heavy atom. The molecule has 0 bridgehead atoms. The number of hydrogen-bond acceptors (Lipinski definition) is 2. The van der Waals surface area contributed by atoms with E-state index in [1.165, 1.54) is 0 Å². The maximum absolute atomic E-state index is 8.86. The van der Waals surface area contributed by atoms with Gasteiger partial charge in [-0.2, -0.15) is 0 Å². The maximum atomic E-state index is 8.86. The van der Waals surface area contributed by atoms with E-state index in [2.05, 4.69) is 6.58 Å². The summed E-state index contributed by atoms with van der Waals surface area (Å²) in [5.41, 5.74) is 0. The molecule has 2 nitrogen and oxygen atoms in total. The summed E-state index contributed by atoms with van der Waals surface area (Å²) in [7, 11) is 1.56. The molecule has 1 rings (SSSR count). The van der Waals surface area contributed by atoms with Gasteiger partial charge in [0.15, 0.2) is 0 Å². The summed E-state index contributed by atoms with van der Waals surface area (Å²) < 4.78 is 4.84. The maximum Gasteiger partial charge on any atom is 0.122 e. The number of phenolic OH excluding ortho intramolecular Hbond substituents is 1. The van der Waals surface area contributed by atoms with E-state index in [1.807, 2.05) is 6.92 Å². The summed E-state index contributed by atoms with van der Waals surface area (Å²) in [4.78, 5) is 0. The van der Waals surface area contributed by atoms with Gasteiger partial charge in [0.25, 0.3) is 0 Å². The molecule has 0 atom stereocenters. The number of hydrogen-bond donors (Lipinski definition) is 1. The van der Waals surface area contributed by atoms with E-state index >= 15 is 0 Å². The van der Waals surface area contributed by atoms with Gasteiger partial charge >= 0.3 is 0 Å². The van der Waals surface area contributed by atoms with Crippen molar-refractivity contribution in [3.05, 3.63) is 36.9 Å². The quantitative estimate of drug-likeness (QED) is 0.650. The van der Waals surface area contributed by atoms with Crippen molar-refractivity contribution in [2.45, 2.75) is 6.92 Å². The molecule has 2 heteroatoms. The standard InChI is InChI=1S/C7H8O2.C3H6/c1-9-7-4-2-3-6(8)5-7;1-3-2/h2-5,8H,1H3;3H,1H2,2H3. The van der Waals surface area contributed by atoms with Gasteiger partial charge in [0, 0.05) is 6.07 Å². The molecule has 0 saturated heterocycles. The van der Waals surface area contributed by atoms with Gasteiger partial charge in [-0.1, -0.05) is 12.1 Å². The van der Waals surface area contributed by atoms with Crippen molar-refractivity contribution in [3.8, 4) is 11.5 Å². The molecular formula is C10H14O2. The van der Waals surface area contributed by atoms with Crippen molar-refractivity contribution in [1.29, 1.82) is 0 Å². The Kier molecular flexibility index (Phi) is 5.53. The Morgan fingerprint density at radius 3 is 2.42 bits per heavy atom. The van der Waals surface area contributed by atoms with Crippen LogP contribution < -0.4 is 4.74 Å². The first-order chi connectivity index (χ1) is 5.74. The van der Waals surface area contributed by atoms with Crippen LogP contribution in [0.5, 0.6) is 11.5 Å². The van der Waals surface area contributed by atoms with E-state index in [-0.39, 0.29) is 5.75 Å². The average Bonchev–Trinajstić information content (AvgIpc) is 2.06. The first-order valence-electron chi connectivity index (χ1n) is 3.64. The summed E-state index contributed by atoms with van der Waals surface area (Å²) in [6.45, 7) is 5.25. The zero-order valence-corrected chi connectivity index (χ0v) is 7.45. The molecule has 1 aromatic rings. The molecule has 0 fully saturated rings. The fourth-order valence-corrected chi connectivity index (χ4v) is 0.610. The highest BCUT2D eigenvalue weighted by atomic mass is 16.5. The van der Waals surface area contributed by atoms with Crippen molar-refractivity contribution in [2.75, 3.05) is 7.11 Å². The fourth-order valence-electron chi connectivity index (χ4n) is 0.610. The number of aromatic hydroxyl groups is 1. The predicted molar refractivity (Wildman–Crippen MR) is 50.5 cm³/mol. The zero-order valence-electron chi connectivity index (χ0n) is 7.45. The van der Waals surface area contributed by atoms with Gasteiger partial charge in [0.05, 0.1) is 7.11 Å². The van der Waals surface area contributed by atoms with Gasteiger partial charge in [-0.15, -0.1) is 6.58 Å². The number of phenols is 1. The lowest BCUT2D eigenvalue weighted by molar-refractivity contribution is 0.407. The lowest BCUT2D eigenvalue weighted by atomic mass is 10.3. The summed E-state index contributed by atoms with van der Waals surface area (Å²) in [6, 6.07) is 6.66. The van der Waals surface area contributed by atoms with E-state index in [0.717, 1.165) is 0 Å². The average molecular weight is 166 g/mol. The Labute approximate surface area is 73.1 Å². The van der Waals surface area contributed by atoms with Crippen molar-refractivity contribution in [1.82, 2.24) is 0 Å². The number of allylic oxidation sites excluding steroid dienone is 1. The molecule has 1 N–H and O–H groups in total. The zero-order chi connectivity index (χ0) is 9.40. The van der Waals surface area contributed by atoms with Crippen LogP contribution >= 0.6 is 0 Å². The molecule has 0 aromatic heterocycles. The third kappa shape index (κ3) is 4.39. The molecule has 0 saturated carbocycles. The van der Waals surface area contributed by atoms with Gasteiger partial charge in [-0.05, 0) is 19.1 Å². The number of rotatable bonds is 1. The molecule has 0 aliphatic rings. The van der Waals surface area contributed by atoms with Crippen LogP contribution in [0.2, 0.25) is 0 Å². The van der Waals surface area contributed by atoms with E-state index in [0.29, 0.717) is 5.75 Å². The smallest absolute Gasteiger partial charge is 0.122 e. The number of benzene rings is 1. The number of ether oxygens (including phenoxy) is 1. The highest BCUT2D eigenvalue weighted by Crippen LogP contribution is 2.16. The molecule has 0 radical (unpaired) electrons. The van der Waals surface area contributed by atoms with Crippen molar-refractivity contribution < 1.29 is 9.84 Å². The van der Waals surface area contributed by atoms with Gasteiger partial charge in [-0.25, -0.2) is 0 Å². The molecule has 0 heterocycles. The second-order valence-electron chi connectivity index (χ2n) is 2.11. The highest BCUT2D eigenvalue weighted by molar-refractivity contribution is 5.31. The summed E-state index contributed by atoms with van der Waals surface area (Å²) >= 11 is 0. The molecule has 0 aliphatic carbocycles. The largest absolute Gasteiger partial charge is 0.508 e. The van der Waals surface area contributed by atoms with Gasteiger partial charge < -0.3 is 9.84 Å². The van der Waals surface area contributed by atoms with Crippen LogP contribution in [0, 0.1) is 0 Å². The van der Waals surface area contributed by atoms with Crippen molar-refractivity contribution in [3.63, 3.8) is 0 Å². The molecule has 0 aliphatic heterocycles. The second kappa shape index (κ2) is 6.28. The third-order valence-electron chi connectivity index (χ3n) is 1.05. The van der Waals surface area contributed by atoms with Crippen LogP contribution in [0.1, 0.15) is 6.92 Å². The van der Waals surface area contributed by atoms with Crippen LogP contribution in [-0.4, -0.2) is 12.2 Å². The normalized spacial score (nSPS) is 7.83. The summed E-state index contributed by atoms with van der Waals surface area (Å²) in [5.74, 6) is 0.907. The van der Waals surface area contributed by atoms with Crippen LogP contribution in [0.3, 0.4) is 0 Å². The van der Waals surface area contributed by atoms with Gasteiger partial charge in [0.2, 0.25) is 0 Å². The van der Waals surface area contributed by atoms with Crippen LogP contribution in [0.15, 0.2) is 36.9 Å². The Morgan fingerprint density at radius 1 is 1.50 bits per heavy atom. The summed E-state index contributed by atoms with van der Waals surface area (Å²) in [6.07, 6.45) is 1.75. The Bertz CT molecular complexity index is 231. The Balaban J connectivity index is 0.000000354. The molecule has 1 aromatic carbocycles. The highest BCUT2D eigenvalue weighted by Gasteiger charge is 1.88. The third-order valence-corrected chi connectivity index (χ3v) is 1.05. The minimum atomic E-state index is 0.231. The SMILES string of the molecule is C=CC.COc1cccc(O)c1. The van der Waals surface area contributed by atoms with Crippen LogP contribution in [-0.2, 0) is 0 Å². The van der Waals surface area contributed by atoms with E-state index in [9.17, 15) is 0 Å². The fraction of sp³-hybridized carbons (Fsp3) is 0.200. The molecule has 0 spiro atoms. The summed E-state index contributed by atoms with van der Waals surface area (Å²) in [5, 5.41) is 8.86. The monoisotopic (exact) mass is 166 g/mol. The Hall–Kier alpha value is -1.44. The first-order valence-corrected chi connectivity index (χ1v) is 3.64. The first kappa shape index (κ1) is 10.6. The van der Waals surface area contributed by atoms with Gasteiger partial charge in [0.1, 0.15) is 11.5 Å². The molecular weight excluding hydrogens is 152 g/mol. The second-order valence-corrected chi connectivity index (χ2v) is 2.11. The predicted octanol–water partition coefficient (Wildman–Crippen LogP) is 2.59. The van der Waals surface area contributed by atoms with Crippen molar-refractivity contribution >= 4 is 0 Å². The molecule has 66 valence electrons. The van der Waals surface area contributed by atoms with Crippen molar-refractivity contribution in [2.24, 2.45) is 0 Å². The lowest BCUT2D eigenvalue weighted by Gasteiger charge is -1.97. The molecule has 12 heavy (non-hydrogen) atoms. The lowest BCUT2D eigenvalue weighted by Crippen LogP contribution is -1.79. The van der Waals surface area contributed by atoms with Gasteiger partial charge in [-0.3, -0.25) is 0 Å². The number of methoxy groups -OCH3 is 1. The topological polar surface area (TPSA) is 29.5 Å². The molecule has 0 amide bonds.